The van der Waals surface area contributed by atoms with Crippen LogP contribution in [0.3, 0.4) is 0 Å². The second-order valence-corrected chi connectivity index (χ2v) is 27.7. The summed E-state index contributed by atoms with van der Waals surface area (Å²) in [5.74, 6) is 0. The lowest BCUT2D eigenvalue weighted by Gasteiger charge is -2.40. The van der Waals surface area contributed by atoms with Crippen LogP contribution in [0, 0.1) is 0 Å². The van der Waals surface area contributed by atoms with Gasteiger partial charge in [0.2, 0.25) is 0 Å². The van der Waals surface area contributed by atoms with E-state index in [2.05, 4.69) is 198 Å². The Kier molecular flexibility index (Phi) is 17.8. The molecule has 0 radical (unpaired) electrons. The molecular formula is C50H64O2Si3. The third-order valence-corrected chi connectivity index (χ3v) is 21.1. The molecule has 288 valence electrons. The number of hydrogen-bond donors (Lipinski definition) is 0. The molecule has 0 amide bonds. The molecule has 0 aliphatic carbocycles. The lowest BCUT2D eigenvalue weighted by molar-refractivity contribution is 0.400. The predicted octanol–water partition coefficient (Wildman–Crippen LogP) is 13.4. The van der Waals surface area contributed by atoms with Crippen molar-refractivity contribution in [2.45, 2.75) is 89.8 Å². The standard InChI is InChI=1S/C50H64O2Si3/c1-8-44-30-34-46(35-31-44)24-16-13-11-10-12-14-17-25-47-38-40-49(41-39-47)27-21-23-43-54(5,6)52-55(7,50-28-18-15-19-29-50)51-53(3,4)42-22-20-26-48-36-32-45(9-2)33-37-48/h8-9,13-23,28-41H,1-2,10-12,24-27,42-43H2,3-7H3/b16-13-,17-14-,22-20-,23-21-. The second-order valence-electron chi connectivity index (χ2n) is 15.8. The number of unbranched alkanes of at least 4 members (excludes halogenated alkanes) is 2. The van der Waals surface area contributed by atoms with Crippen molar-refractivity contribution in [3.05, 3.63) is 198 Å². The van der Waals surface area contributed by atoms with Crippen molar-refractivity contribution in [1.29, 1.82) is 0 Å². The Hall–Kier alpha value is -4.11. The zero-order valence-electron chi connectivity index (χ0n) is 34.2. The van der Waals surface area contributed by atoms with Gasteiger partial charge in [-0.05, 0) is 128 Å². The fraction of sp³-hybridized carbons (Fsp3) is 0.280. The van der Waals surface area contributed by atoms with Crippen molar-refractivity contribution in [3.8, 4) is 0 Å². The maximum atomic E-state index is 7.21. The largest absolute Gasteiger partial charge is 0.433 e. The van der Waals surface area contributed by atoms with Crippen LogP contribution in [0.2, 0.25) is 44.8 Å². The lowest BCUT2D eigenvalue weighted by atomic mass is 10.1. The molecule has 55 heavy (non-hydrogen) atoms. The van der Waals surface area contributed by atoms with Gasteiger partial charge in [0.15, 0.2) is 16.6 Å². The van der Waals surface area contributed by atoms with Crippen molar-refractivity contribution in [2.75, 3.05) is 0 Å². The van der Waals surface area contributed by atoms with Crippen LogP contribution in [-0.2, 0) is 33.9 Å². The quantitative estimate of drug-likeness (QED) is 0.0424. The Morgan fingerprint density at radius 2 is 0.782 bits per heavy atom. The third-order valence-electron chi connectivity index (χ3n) is 9.74. The molecule has 1 unspecified atom stereocenters. The molecule has 0 spiro atoms. The maximum absolute atomic E-state index is 7.21. The minimum absolute atomic E-state index is 0.924. The van der Waals surface area contributed by atoms with E-state index in [1.54, 1.807) is 0 Å². The van der Waals surface area contributed by atoms with E-state index in [1.165, 1.54) is 39.4 Å². The Labute approximate surface area is 337 Å². The summed E-state index contributed by atoms with van der Waals surface area (Å²) in [7, 11) is -6.80. The van der Waals surface area contributed by atoms with Gasteiger partial charge in [-0.1, -0.05) is 177 Å². The normalized spacial score (nSPS) is 13.6. The van der Waals surface area contributed by atoms with Crippen molar-refractivity contribution in [2.24, 2.45) is 0 Å². The van der Waals surface area contributed by atoms with Crippen LogP contribution in [0.25, 0.3) is 12.2 Å². The van der Waals surface area contributed by atoms with Gasteiger partial charge in [-0.25, -0.2) is 0 Å². The summed E-state index contributed by atoms with van der Waals surface area (Å²) in [5.41, 5.74) is 7.68. The smallest absolute Gasteiger partial charge is 0.348 e. The molecule has 4 aromatic carbocycles. The van der Waals surface area contributed by atoms with Gasteiger partial charge in [0.05, 0.1) is 0 Å². The summed E-state index contributed by atoms with van der Waals surface area (Å²) >= 11 is 0. The van der Waals surface area contributed by atoms with E-state index < -0.39 is 25.2 Å². The molecule has 0 fully saturated rings. The summed E-state index contributed by atoms with van der Waals surface area (Å²) in [6.45, 7) is 19.3. The van der Waals surface area contributed by atoms with Gasteiger partial charge in [0, 0.05) is 0 Å². The van der Waals surface area contributed by atoms with E-state index in [0.29, 0.717) is 0 Å². The van der Waals surface area contributed by atoms with E-state index >= 15 is 0 Å². The van der Waals surface area contributed by atoms with Crippen molar-refractivity contribution >= 4 is 42.5 Å². The summed E-state index contributed by atoms with van der Waals surface area (Å²) < 4.78 is 14.4. The average Bonchev–Trinajstić information content (AvgIpc) is 3.18. The fourth-order valence-corrected chi connectivity index (χ4v) is 19.5. The predicted molar refractivity (Wildman–Crippen MR) is 249 cm³/mol. The zero-order valence-corrected chi connectivity index (χ0v) is 37.2. The van der Waals surface area contributed by atoms with E-state index in [-0.39, 0.29) is 0 Å². The van der Waals surface area contributed by atoms with Gasteiger partial charge in [0.1, 0.15) is 0 Å². The Morgan fingerprint density at radius 3 is 1.15 bits per heavy atom. The minimum atomic E-state index is -2.66. The van der Waals surface area contributed by atoms with Crippen molar-refractivity contribution in [3.63, 3.8) is 0 Å². The van der Waals surface area contributed by atoms with Crippen LogP contribution in [0.5, 0.6) is 0 Å². The van der Waals surface area contributed by atoms with Gasteiger partial charge in [0.25, 0.3) is 0 Å². The second kappa shape index (κ2) is 22.4. The van der Waals surface area contributed by atoms with Gasteiger partial charge >= 0.3 is 8.56 Å². The first-order chi connectivity index (χ1) is 26.5. The molecule has 4 aromatic rings. The van der Waals surface area contributed by atoms with Crippen LogP contribution in [0.4, 0.5) is 0 Å². The molecule has 0 N–H and O–H groups in total. The number of hydrogen-bond acceptors (Lipinski definition) is 2. The molecule has 5 heteroatoms. The number of rotatable bonds is 23. The maximum Gasteiger partial charge on any atom is 0.348 e. The van der Waals surface area contributed by atoms with Gasteiger partial charge in [-0.3, -0.25) is 0 Å². The lowest BCUT2D eigenvalue weighted by Crippen LogP contribution is -2.61. The SMILES string of the molecule is C=Cc1ccc(C/C=C\CCC/C=C\Cc2ccc(C/C=C\C[Si](C)(C)O[Si](C)(O[Si](C)(C)C/C=C\Cc3ccc(C=C)cc3)c3ccccc3)cc2)cc1. The number of allylic oxidation sites excluding steroid dienone is 8. The molecular weight excluding hydrogens is 717 g/mol. The molecule has 0 saturated heterocycles. The van der Waals surface area contributed by atoms with Crippen LogP contribution in [-0.4, -0.2) is 25.2 Å². The van der Waals surface area contributed by atoms with Crippen LogP contribution in [0.15, 0.2) is 165 Å². The minimum Gasteiger partial charge on any atom is -0.433 e. The van der Waals surface area contributed by atoms with Gasteiger partial charge in [-0.15, -0.1) is 0 Å². The van der Waals surface area contributed by atoms with Gasteiger partial charge in [-0.2, -0.15) is 0 Å². The highest BCUT2D eigenvalue weighted by atomic mass is 28.5. The van der Waals surface area contributed by atoms with Crippen LogP contribution in [0.1, 0.15) is 52.6 Å². The highest BCUT2D eigenvalue weighted by molar-refractivity contribution is 6.94. The first kappa shape index (κ1) is 43.6. The molecule has 0 aliphatic heterocycles. The number of benzene rings is 4. The van der Waals surface area contributed by atoms with Crippen molar-refractivity contribution < 1.29 is 8.23 Å². The van der Waals surface area contributed by atoms with Crippen molar-refractivity contribution in [1.82, 2.24) is 0 Å². The Bertz CT molecular complexity index is 1850. The van der Waals surface area contributed by atoms with Gasteiger partial charge < -0.3 is 8.23 Å². The van der Waals surface area contributed by atoms with E-state index in [9.17, 15) is 0 Å². The van der Waals surface area contributed by atoms with Crippen LogP contribution < -0.4 is 5.19 Å². The van der Waals surface area contributed by atoms with E-state index in [0.717, 1.165) is 56.2 Å². The van der Waals surface area contributed by atoms with E-state index in [1.807, 2.05) is 12.2 Å². The topological polar surface area (TPSA) is 18.5 Å². The highest BCUT2D eigenvalue weighted by Crippen LogP contribution is 2.26. The average molecular weight is 781 g/mol. The summed E-state index contributed by atoms with van der Waals surface area (Å²) in [6, 6.07) is 38.9. The fourth-order valence-electron chi connectivity index (χ4n) is 6.61. The first-order valence-corrected chi connectivity index (χ1v) is 28.6. The molecule has 0 saturated carbocycles. The zero-order chi connectivity index (χ0) is 39.4. The third kappa shape index (κ3) is 16.3. The molecule has 2 nitrogen and oxygen atoms in total. The monoisotopic (exact) mass is 780 g/mol. The summed E-state index contributed by atoms with van der Waals surface area (Å²) in [4.78, 5) is 0. The summed E-state index contributed by atoms with van der Waals surface area (Å²) in [6.07, 6.45) is 29.5. The Morgan fingerprint density at radius 1 is 0.436 bits per heavy atom. The molecule has 1 atom stereocenters. The summed E-state index contributed by atoms with van der Waals surface area (Å²) in [5, 5.41) is 1.22. The molecule has 0 heterocycles. The first-order valence-electron chi connectivity index (χ1n) is 20.1. The molecule has 0 aliphatic rings. The van der Waals surface area contributed by atoms with Crippen LogP contribution >= 0.6 is 0 Å². The molecule has 4 rings (SSSR count). The highest BCUT2D eigenvalue weighted by Gasteiger charge is 2.44. The molecule has 0 aromatic heterocycles. The molecule has 0 bridgehead atoms. The van der Waals surface area contributed by atoms with E-state index in [4.69, 9.17) is 8.23 Å². The Balaban J connectivity index is 1.20.